The molecule has 0 nitrogen and oxygen atoms in total. The Hall–Kier alpha value is -1.56. The molecule has 2 aromatic rings. The van der Waals surface area contributed by atoms with E-state index in [1.165, 1.54) is 62.5 Å². The predicted molar refractivity (Wildman–Crippen MR) is 113 cm³/mol. The zero-order chi connectivity index (χ0) is 18.2. The van der Waals surface area contributed by atoms with Gasteiger partial charge in [-0.05, 0) is 47.6 Å². The first-order valence-corrected chi connectivity index (χ1v) is 10.8. The van der Waals surface area contributed by atoms with E-state index in [9.17, 15) is 0 Å². The Bertz CT molecular complexity index is 607. The van der Waals surface area contributed by atoms with Crippen LogP contribution in [0.25, 0.3) is 0 Å². The highest BCUT2D eigenvalue weighted by molar-refractivity contribution is 5.25. The monoisotopic (exact) mass is 348 g/mol. The van der Waals surface area contributed by atoms with Gasteiger partial charge in [0.05, 0.1) is 0 Å². The van der Waals surface area contributed by atoms with E-state index < -0.39 is 0 Å². The third-order valence-corrected chi connectivity index (χ3v) is 6.53. The van der Waals surface area contributed by atoms with Gasteiger partial charge in [0.25, 0.3) is 0 Å². The highest BCUT2D eigenvalue weighted by Gasteiger charge is 2.27. The molecule has 0 radical (unpaired) electrons. The molecule has 0 heterocycles. The van der Waals surface area contributed by atoms with Crippen LogP contribution < -0.4 is 0 Å². The van der Waals surface area contributed by atoms with E-state index >= 15 is 0 Å². The quantitative estimate of drug-likeness (QED) is 0.459. The minimum Gasteiger partial charge on any atom is -0.0625 e. The molecular formula is C26H36. The van der Waals surface area contributed by atoms with Crippen LogP contribution in [0.15, 0.2) is 60.7 Å². The molecule has 26 heavy (non-hydrogen) atoms. The molecule has 3 rings (SSSR count). The third-order valence-electron chi connectivity index (χ3n) is 6.53. The Morgan fingerprint density at radius 1 is 0.808 bits per heavy atom. The summed E-state index contributed by atoms with van der Waals surface area (Å²) in [6.07, 6.45) is 11.3. The van der Waals surface area contributed by atoms with Gasteiger partial charge >= 0.3 is 0 Å². The highest BCUT2D eigenvalue weighted by Crippen LogP contribution is 2.39. The van der Waals surface area contributed by atoms with Crippen molar-refractivity contribution in [3.63, 3.8) is 0 Å². The zero-order valence-electron chi connectivity index (χ0n) is 16.7. The summed E-state index contributed by atoms with van der Waals surface area (Å²) in [6, 6.07) is 22.4. The van der Waals surface area contributed by atoms with E-state index in [2.05, 4.69) is 74.5 Å². The fourth-order valence-electron chi connectivity index (χ4n) is 4.99. The van der Waals surface area contributed by atoms with Crippen molar-refractivity contribution in [3.05, 3.63) is 71.8 Å². The Morgan fingerprint density at radius 3 is 2.04 bits per heavy atom. The van der Waals surface area contributed by atoms with Gasteiger partial charge in [-0.1, -0.05) is 113 Å². The van der Waals surface area contributed by atoms with Crippen molar-refractivity contribution in [2.24, 2.45) is 17.8 Å². The van der Waals surface area contributed by atoms with Crippen molar-refractivity contribution in [2.75, 3.05) is 0 Å². The molecule has 0 saturated heterocycles. The fourth-order valence-corrected chi connectivity index (χ4v) is 4.99. The summed E-state index contributed by atoms with van der Waals surface area (Å²) < 4.78 is 0. The van der Waals surface area contributed by atoms with E-state index in [-0.39, 0.29) is 0 Å². The van der Waals surface area contributed by atoms with Gasteiger partial charge in [-0.2, -0.15) is 0 Å². The SMILES string of the molecule is CC(C)C(CCC1CCCCC1)C(Cc1ccccc1)c1ccccc1. The summed E-state index contributed by atoms with van der Waals surface area (Å²) in [6.45, 7) is 4.87. The first-order chi connectivity index (χ1) is 12.7. The summed E-state index contributed by atoms with van der Waals surface area (Å²) in [7, 11) is 0. The normalized spacial score (nSPS) is 18.0. The summed E-state index contributed by atoms with van der Waals surface area (Å²) in [4.78, 5) is 0. The molecule has 0 spiro atoms. The lowest BCUT2D eigenvalue weighted by Gasteiger charge is -2.33. The molecular weight excluding hydrogens is 312 g/mol. The molecule has 1 saturated carbocycles. The summed E-state index contributed by atoms with van der Waals surface area (Å²) >= 11 is 0. The predicted octanol–water partition coefficient (Wildman–Crippen LogP) is 7.65. The number of hydrogen-bond donors (Lipinski definition) is 0. The molecule has 140 valence electrons. The fraction of sp³-hybridized carbons (Fsp3) is 0.538. The van der Waals surface area contributed by atoms with E-state index in [1.807, 2.05) is 0 Å². The Morgan fingerprint density at radius 2 is 1.42 bits per heavy atom. The topological polar surface area (TPSA) is 0 Å². The van der Waals surface area contributed by atoms with Gasteiger partial charge in [-0.15, -0.1) is 0 Å². The van der Waals surface area contributed by atoms with E-state index in [1.54, 1.807) is 0 Å². The maximum Gasteiger partial charge on any atom is -0.00907 e. The third kappa shape index (κ3) is 5.47. The van der Waals surface area contributed by atoms with E-state index in [0.717, 1.165) is 17.8 Å². The molecule has 1 aliphatic carbocycles. The Labute approximate surface area is 161 Å². The second-order valence-corrected chi connectivity index (χ2v) is 8.70. The van der Waals surface area contributed by atoms with Crippen molar-refractivity contribution in [1.29, 1.82) is 0 Å². The van der Waals surface area contributed by atoms with Gasteiger partial charge in [0.15, 0.2) is 0 Å². The van der Waals surface area contributed by atoms with E-state index in [0.29, 0.717) is 5.92 Å². The van der Waals surface area contributed by atoms with E-state index in [4.69, 9.17) is 0 Å². The van der Waals surface area contributed by atoms with Gasteiger partial charge in [-0.25, -0.2) is 0 Å². The van der Waals surface area contributed by atoms with Gasteiger partial charge in [0, 0.05) is 0 Å². The van der Waals surface area contributed by atoms with Crippen LogP contribution in [0.5, 0.6) is 0 Å². The van der Waals surface area contributed by atoms with Crippen LogP contribution in [0.2, 0.25) is 0 Å². The van der Waals surface area contributed by atoms with Crippen LogP contribution in [0.1, 0.15) is 75.8 Å². The lowest BCUT2D eigenvalue weighted by molar-refractivity contribution is 0.246. The largest absolute Gasteiger partial charge is 0.0625 e. The zero-order valence-corrected chi connectivity index (χ0v) is 16.7. The van der Waals surface area contributed by atoms with Crippen LogP contribution >= 0.6 is 0 Å². The average Bonchev–Trinajstić information content (AvgIpc) is 2.69. The van der Waals surface area contributed by atoms with Crippen molar-refractivity contribution in [1.82, 2.24) is 0 Å². The van der Waals surface area contributed by atoms with Crippen LogP contribution in [0, 0.1) is 17.8 Å². The van der Waals surface area contributed by atoms with Gasteiger partial charge in [-0.3, -0.25) is 0 Å². The first-order valence-electron chi connectivity index (χ1n) is 10.8. The summed E-state index contributed by atoms with van der Waals surface area (Å²) in [5, 5.41) is 0. The van der Waals surface area contributed by atoms with Crippen molar-refractivity contribution >= 4 is 0 Å². The molecule has 2 aromatic carbocycles. The maximum absolute atomic E-state index is 2.44. The van der Waals surface area contributed by atoms with Gasteiger partial charge < -0.3 is 0 Å². The first kappa shape index (κ1) is 19.2. The summed E-state index contributed by atoms with van der Waals surface area (Å²) in [5.74, 6) is 3.10. The average molecular weight is 349 g/mol. The second-order valence-electron chi connectivity index (χ2n) is 8.70. The van der Waals surface area contributed by atoms with Gasteiger partial charge in [0.2, 0.25) is 0 Å². The molecule has 1 fully saturated rings. The second kappa shape index (κ2) is 9.95. The summed E-state index contributed by atoms with van der Waals surface area (Å²) in [5.41, 5.74) is 3.00. The molecule has 2 unspecified atom stereocenters. The minimum absolute atomic E-state index is 0.627. The lowest BCUT2D eigenvalue weighted by Crippen LogP contribution is -2.22. The maximum atomic E-state index is 2.44. The Kier molecular flexibility index (Phi) is 7.35. The number of hydrogen-bond acceptors (Lipinski definition) is 0. The molecule has 0 aliphatic heterocycles. The van der Waals surface area contributed by atoms with Crippen LogP contribution in [-0.2, 0) is 6.42 Å². The van der Waals surface area contributed by atoms with Gasteiger partial charge in [0.1, 0.15) is 0 Å². The lowest BCUT2D eigenvalue weighted by atomic mass is 9.72. The molecule has 0 amide bonds. The number of benzene rings is 2. The molecule has 1 aliphatic rings. The molecule has 0 heteroatoms. The highest BCUT2D eigenvalue weighted by atomic mass is 14.3. The Balaban J connectivity index is 1.76. The standard InChI is InChI=1S/C26H36/c1-21(2)25(19-18-22-12-6-3-7-13-22)26(24-16-10-5-11-17-24)20-23-14-8-4-9-15-23/h4-5,8-11,14-17,21-22,25-26H,3,6-7,12-13,18-20H2,1-2H3. The van der Waals surface area contributed by atoms with Crippen molar-refractivity contribution in [3.8, 4) is 0 Å². The van der Waals surface area contributed by atoms with Crippen LogP contribution in [0.3, 0.4) is 0 Å². The minimum atomic E-state index is 0.627. The van der Waals surface area contributed by atoms with Crippen molar-refractivity contribution in [2.45, 2.75) is 71.1 Å². The van der Waals surface area contributed by atoms with Crippen LogP contribution in [-0.4, -0.2) is 0 Å². The van der Waals surface area contributed by atoms with Crippen LogP contribution in [0.4, 0.5) is 0 Å². The van der Waals surface area contributed by atoms with Crippen molar-refractivity contribution < 1.29 is 0 Å². The molecule has 0 aromatic heterocycles. The molecule has 2 atom stereocenters. The molecule has 0 bridgehead atoms. The number of rotatable bonds is 8. The smallest absolute Gasteiger partial charge is 0.00907 e. The molecule has 0 N–H and O–H groups in total.